The summed E-state index contributed by atoms with van der Waals surface area (Å²) < 4.78 is 0. The Balaban J connectivity index is 0.00000112. The number of nitrogens with zero attached hydrogens (tertiary/aromatic N) is 1. The average Bonchev–Trinajstić information content (AvgIpc) is 2.37. The minimum atomic E-state index is -0.392. The maximum Gasteiger partial charge on any atom is 0.236 e. The van der Waals surface area contributed by atoms with Crippen molar-refractivity contribution in [3.05, 3.63) is 0 Å². The van der Waals surface area contributed by atoms with E-state index >= 15 is 0 Å². The zero-order valence-electron chi connectivity index (χ0n) is 9.08. The molecule has 2 aliphatic heterocycles. The van der Waals surface area contributed by atoms with Crippen LogP contribution in [0.3, 0.4) is 0 Å². The first-order valence-corrected chi connectivity index (χ1v) is 5.12. The van der Waals surface area contributed by atoms with Gasteiger partial charge in [0, 0.05) is 7.05 Å². The van der Waals surface area contributed by atoms with Crippen molar-refractivity contribution in [3.8, 4) is 0 Å². The van der Waals surface area contributed by atoms with E-state index in [0.717, 1.165) is 25.9 Å². The first-order valence-electron chi connectivity index (χ1n) is 5.12. The highest BCUT2D eigenvalue weighted by atomic mass is 35.5. The van der Waals surface area contributed by atoms with Crippen LogP contribution in [0, 0.1) is 11.3 Å². The Morgan fingerprint density at radius 1 is 1.33 bits per heavy atom. The van der Waals surface area contributed by atoms with Crippen LogP contribution < -0.4 is 5.32 Å². The van der Waals surface area contributed by atoms with Crippen LogP contribution in [0.25, 0.3) is 0 Å². The number of amides is 2. The molecule has 0 aromatic rings. The molecule has 1 N–H and O–H groups in total. The summed E-state index contributed by atoms with van der Waals surface area (Å²) >= 11 is 0. The normalized spacial score (nSPS) is 29.5. The lowest BCUT2D eigenvalue weighted by atomic mass is 9.71. The summed E-state index contributed by atoms with van der Waals surface area (Å²) in [5.41, 5.74) is -0.392. The van der Waals surface area contributed by atoms with E-state index in [1.165, 1.54) is 4.90 Å². The highest BCUT2D eigenvalue weighted by Crippen LogP contribution is 2.44. The monoisotopic (exact) mass is 232 g/mol. The van der Waals surface area contributed by atoms with E-state index in [1.807, 2.05) is 6.92 Å². The molecule has 2 rings (SSSR count). The molecule has 2 aliphatic rings. The predicted molar refractivity (Wildman–Crippen MR) is 58.7 cm³/mol. The second kappa shape index (κ2) is 4.10. The Morgan fingerprint density at radius 3 is 2.27 bits per heavy atom. The fraction of sp³-hybridized carbons (Fsp3) is 0.800. The lowest BCUT2D eigenvalue weighted by Gasteiger charge is -2.33. The number of likely N-dealkylation sites (tertiary alicyclic amines) is 1. The number of nitrogens with one attached hydrogen (secondary N) is 1. The van der Waals surface area contributed by atoms with Gasteiger partial charge in [-0.15, -0.1) is 12.4 Å². The van der Waals surface area contributed by atoms with Gasteiger partial charge >= 0.3 is 0 Å². The number of halogens is 1. The summed E-state index contributed by atoms with van der Waals surface area (Å²) in [6.45, 7) is 3.57. The Hall–Kier alpha value is -0.610. The molecule has 0 aliphatic carbocycles. The molecule has 0 aromatic heterocycles. The number of rotatable bonds is 0. The summed E-state index contributed by atoms with van der Waals surface area (Å²) in [6.07, 6.45) is 1.59. The van der Waals surface area contributed by atoms with Crippen LogP contribution in [-0.2, 0) is 9.59 Å². The van der Waals surface area contributed by atoms with Crippen molar-refractivity contribution < 1.29 is 9.59 Å². The van der Waals surface area contributed by atoms with Crippen molar-refractivity contribution >= 4 is 24.2 Å². The van der Waals surface area contributed by atoms with Crippen LogP contribution in [0.1, 0.15) is 19.8 Å². The predicted octanol–water partition coefficient (Wildman–Crippen LogP) is 0.413. The topological polar surface area (TPSA) is 49.4 Å². The Morgan fingerprint density at radius 2 is 1.87 bits per heavy atom. The van der Waals surface area contributed by atoms with Gasteiger partial charge in [-0.1, -0.05) is 6.92 Å². The third kappa shape index (κ3) is 1.56. The molecule has 0 radical (unpaired) electrons. The molecule has 1 spiro atoms. The highest BCUT2D eigenvalue weighted by Gasteiger charge is 2.55. The van der Waals surface area contributed by atoms with Gasteiger partial charge in [0.2, 0.25) is 11.8 Å². The Labute approximate surface area is 95.8 Å². The maximum absolute atomic E-state index is 12.0. The van der Waals surface area contributed by atoms with Gasteiger partial charge in [-0.25, -0.2) is 0 Å². The molecular formula is C10H17ClN2O2. The fourth-order valence-corrected chi connectivity index (χ4v) is 2.67. The van der Waals surface area contributed by atoms with Crippen molar-refractivity contribution in [3.63, 3.8) is 0 Å². The van der Waals surface area contributed by atoms with Crippen molar-refractivity contribution in [1.29, 1.82) is 0 Å². The number of piperidine rings is 1. The summed E-state index contributed by atoms with van der Waals surface area (Å²) in [7, 11) is 1.60. The van der Waals surface area contributed by atoms with Crippen molar-refractivity contribution in [2.75, 3.05) is 20.1 Å². The summed E-state index contributed by atoms with van der Waals surface area (Å²) in [5, 5.41) is 3.22. The SMILES string of the molecule is CC1C(=O)N(C)C(=O)C12CCNCC2.Cl. The standard InChI is InChI=1S/C10H16N2O2.ClH/c1-7-8(13)12(2)9(14)10(7)3-5-11-6-4-10;/h7,11H,3-6H2,1-2H3;1H. The fourth-order valence-electron chi connectivity index (χ4n) is 2.67. The molecule has 1 atom stereocenters. The van der Waals surface area contributed by atoms with Gasteiger partial charge in [-0.2, -0.15) is 0 Å². The van der Waals surface area contributed by atoms with Gasteiger partial charge in [0.25, 0.3) is 0 Å². The molecule has 0 aromatic carbocycles. The second-order valence-electron chi connectivity index (χ2n) is 4.33. The van der Waals surface area contributed by atoms with Gasteiger partial charge in [-0.05, 0) is 25.9 Å². The molecule has 2 heterocycles. The van der Waals surface area contributed by atoms with E-state index in [9.17, 15) is 9.59 Å². The number of carbonyl (C=O) groups is 2. The number of hydrogen-bond acceptors (Lipinski definition) is 3. The molecule has 2 amide bonds. The van der Waals surface area contributed by atoms with E-state index < -0.39 is 5.41 Å². The van der Waals surface area contributed by atoms with Gasteiger partial charge in [0.15, 0.2) is 0 Å². The summed E-state index contributed by atoms with van der Waals surface area (Å²) in [5.74, 6) is -0.129. The number of carbonyl (C=O) groups excluding carboxylic acids is 2. The van der Waals surface area contributed by atoms with E-state index in [2.05, 4.69) is 5.32 Å². The molecule has 5 heteroatoms. The molecule has 86 valence electrons. The van der Waals surface area contributed by atoms with Crippen LogP contribution in [-0.4, -0.2) is 36.9 Å². The van der Waals surface area contributed by atoms with Gasteiger partial charge in [0.05, 0.1) is 11.3 Å². The van der Waals surface area contributed by atoms with Crippen LogP contribution in [0.15, 0.2) is 0 Å². The largest absolute Gasteiger partial charge is 0.317 e. The van der Waals surface area contributed by atoms with Gasteiger partial charge in [-0.3, -0.25) is 14.5 Å². The van der Waals surface area contributed by atoms with E-state index in [-0.39, 0.29) is 30.1 Å². The Bertz CT molecular complexity index is 287. The lowest BCUT2D eigenvalue weighted by molar-refractivity contribution is -0.140. The molecular weight excluding hydrogens is 216 g/mol. The highest BCUT2D eigenvalue weighted by molar-refractivity contribution is 6.07. The molecule has 0 bridgehead atoms. The Kier molecular flexibility index (Phi) is 3.41. The minimum Gasteiger partial charge on any atom is -0.317 e. The van der Waals surface area contributed by atoms with Crippen molar-refractivity contribution in [1.82, 2.24) is 10.2 Å². The first-order chi connectivity index (χ1) is 6.59. The maximum atomic E-state index is 12.0. The van der Waals surface area contributed by atoms with Gasteiger partial charge < -0.3 is 5.32 Å². The summed E-state index contributed by atoms with van der Waals surface area (Å²) in [4.78, 5) is 25.0. The quantitative estimate of drug-likeness (QED) is 0.616. The van der Waals surface area contributed by atoms with Crippen LogP contribution in [0.4, 0.5) is 0 Å². The molecule has 2 saturated heterocycles. The van der Waals surface area contributed by atoms with Crippen molar-refractivity contribution in [2.24, 2.45) is 11.3 Å². The zero-order valence-corrected chi connectivity index (χ0v) is 9.89. The van der Waals surface area contributed by atoms with Crippen LogP contribution in [0.2, 0.25) is 0 Å². The number of imide groups is 1. The molecule has 1 unspecified atom stereocenters. The molecule has 15 heavy (non-hydrogen) atoms. The second-order valence-corrected chi connectivity index (χ2v) is 4.33. The first kappa shape index (κ1) is 12.5. The third-order valence-electron chi connectivity index (χ3n) is 3.76. The minimum absolute atomic E-state index is 0. The summed E-state index contributed by atoms with van der Waals surface area (Å²) in [6, 6.07) is 0. The third-order valence-corrected chi connectivity index (χ3v) is 3.76. The average molecular weight is 233 g/mol. The van der Waals surface area contributed by atoms with E-state index in [4.69, 9.17) is 0 Å². The lowest BCUT2D eigenvalue weighted by Crippen LogP contribution is -2.44. The van der Waals surface area contributed by atoms with E-state index in [1.54, 1.807) is 7.05 Å². The van der Waals surface area contributed by atoms with Crippen LogP contribution in [0.5, 0.6) is 0 Å². The zero-order chi connectivity index (χ0) is 10.3. The van der Waals surface area contributed by atoms with Crippen molar-refractivity contribution in [2.45, 2.75) is 19.8 Å². The van der Waals surface area contributed by atoms with E-state index in [0.29, 0.717) is 0 Å². The molecule has 4 nitrogen and oxygen atoms in total. The molecule has 0 saturated carbocycles. The van der Waals surface area contributed by atoms with Gasteiger partial charge in [0.1, 0.15) is 0 Å². The smallest absolute Gasteiger partial charge is 0.236 e. The number of hydrogen-bond donors (Lipinski definition) is 1. The van der Waals surface area contributed by atoms with Crippen LogP contribution >= 0.6 is 12.4 Å². The molecule has 2 fully saturated rings.